The lowest BCUT2D eigenvalue weighted by atomic mass is 10.2. The van der Waals surface area contributed by atoms with E-state index in [1.807, 2.05) is 37.3 Å². The molecule has 0 radical (unpaired) electrons. The number of carbonyl (C=O) groups is 1. The lowest BCUT2D eigenvalue weighted by Crippen LogP contribution is -2.16. The van der Waals surface area contributed by atoms with Gasteiger partial charge in [0.25, 0.3) is 0 Å². The molecule has 0 aromatic heterocycles. The lowest BCUT2D eigenvalue weighted by Gasteiger charge is -2.13. The predicted molar refractivity (Wildman–Crippen MR) is 98.6 cm³/mol. The first-order valence-corrected chi connectivity index (χ1v) is 8.30. The van der Waals surface area contributed by atoms with Crippen molar-refractivity contribution in [1.29, 1.82) is 0 Å². The maximum Gasteiger partial charge on any atom is 0.226 e. The van der Waals surface area contributed by atoms with E-state index in [-0.39, 0.29) is 5.91 Å². The van der Waals surface area contributed by atoms with E-state index in [0.717, 1.165) is 21.4 Å². The molecular formula is C17H18BrClN2O2. The smallest absolute Gasteiger partial charge is 0.226 e. The molecule has 2 N–H and O–H groups in total. The molecule has 6 heteroatoms. The highest BCUT2D eigenvalue weighted by Gasteiger charge is 2.08. The van der Waals surface area contributed by atoms with Crippen LogP contribution in [-0.4, -0.2) is 19.6 Å². The number of methoxy groups -OCH3 is 1. The van der Waals surface area contributed by atoms with Gasteiger partial charge in [-0.25, -0.2) is 0 Å². The molecule has 0 heterocycles. The summed E-state index contributed by atoms with van der Waals surface area (Å²) in [6, 6.07) is 11.2. The lowest BCUT2D eigenvalue weighted by molar-refractivity contribution is -0.115. The quantitative estimate of drug-likeness (QED) is 0.732. The zero-order valence-corrected chi connectivity index (χ0v) is 15.3. The number of rotatable bonds is 6. The number of aryl methyl sites for hydroxylation is 1. The summed E-state index contributed by atoms with van der Waals surface area (Å²) >= 11 is 9.45. The first-order valence-electron chi connectivity index (χ1n) is 7.13. The summed E-state index contributed by atoms with van der Waals surface area (Å²) in [4.78, 5) is 12.0. The van der Waals surface area contributed by atoms with Gasteiger partial charge in [-0.3, -0.25) is 4.79 Å². The van der Waals surface area contributed by atoms with Gasteiger partial charge in [-0.2, -0.15) is 0 Å². The largest absolute Gasteiger partial charge is 0.495 e. The monoisotopic (exact) mass is 396 g/mol. The molecule has 0 aliphatic heterocycles. The number of anilines is 2. The molecule has 1 amide bonds. The maximum absolute atomic E-state index is 12.0. The normalized spacial score (nSPS) is 10.3. The molecule has 2 aromatic rings. The molecule has 0 aliphatic carbocycles. The first kappa shape index (κ1) is 17.6. The molecule has 2 rings (SSSR count). The first-order chi connectivity index (χ1) is 11.0. The summed E-state index contributed by atoms with van der Waals surface area (Å²) in [5.74, 6) is 0.605. The van der Waals surface area contributed by atoms with Crippen LogP contribution in [0, 0.1) is 6.92 Å². The van der Waals surface area contributed by atoms with Crippen molar-refractivity contribution >= 4 is 44.8 Å². The Hall–Kier alpha value is -1.72. The molecule has 0 atom stereocenters. The number of benzene rings is 2. The molecule has 23 heavy (non-hydrogen) atoms. The molecule has 4 nitrogen and oxygen atoms in total. The molecule has 0 fully saturated rings. The van der Waals surface area contributed by atoms with E-state index in [0.29, 0.717) is 23.7 Å². The highest BCUT2D eigenvalue weighted by Crippen LogP contribution is 2.30. The van der Waals surface area contributed by atoms with E-state index in [2.05, 4.69) is 26.6 Å². The third kappa shape index (κ3) is 5.15. The van der Waals surface area contributed by atoms with Gasteiger partial charge in [-0.1, -0.05) is 33.6 Å². The molecule has 0 bridgehead atoms. The zero-order chi connectivity index (χ0) is 16.8. The summed E-state index contributed by atoms with van der Waals surface area (Å²) in [6.45, 7) is 2.42. The molecule has 0 saturated heterocycles. The van der Waals surface area contributed by atoms with Crippen LogP contribution >= 0.6 is 27.5 Å². The van der Waals surface area contributed by atoms with E-state index in [1.54, 1.807) is 13.2 Å². The number of nitrogens with one attached hydrogen (secondary N) is 2. The average Bonchev–Trinajstić information content (AvgIpc) is 2.50. The topological polar surface area (TPSA) is 50.4 Å². The van der Waals surface area contributed by atoms with Crippen LogP contribution in [0.15, 0.2) is 40.9 Å². The van der Waals surface area contributed by atoms with Gasteiger partial charge in [0, 0.05) is 34.2 Å². The van der Waals surface area contributed by atoms with Crippen molar-refractivity contribution in [1.82, 2.24) is 0 Å². The molecule has 122 valence electrons. The Kier molecular flexibility index (Phi) is 6.30. The van der Waals surface area contributed by atoms with Gasteiger partial charge < -0.3 is 15.4 Å². The Morgan fingerprint density at radius 3 is 2.78 bits per heavy atom. The van der Waals surface area contributed by atoms with Gasteiger partial charge in [0.15, 0.2) is 0 Å². The third-order valence-corrected chi connectivity index (χ3v) is 4.16. The number of hydrogen-bond acceptors (Lipinski definition) is 3. The number of carbonyl (C=O) groups excluding carboxylic acids is 1. The van der Waals surface area contributed by atoms with E-state index in [9.17, 15) is 4.79 Å². The standard InChI is InChI=1S/C17H18BrClN2O2/c1-11-8-15(16(23-2)10-14(11)19)20-7-6-17(22)21-13-5-3-4-12(18)9-13/h3-5,8-10,20H,6-7H2,1-2H3,(H,21,22). The van der Waals surface area contributed by atoms with Crippen LogP contribution in [0.1, 0.15) is 12.0 Å². The molecule has 2 aromatic carbocycles. The number of amides is 1. The van der Waals surface area contributed by atoms with Crippen molar-refractivity contribution in [3.8, 4) is 5.75 Å². The molecule has 0 saturated carbocycles. The highest BCUT2D eigenvalue weighted by molar-refractivity contribution is 9.10. The molecule has 0 unspecified atom stereocenters. The van der Waals surface area contributed by atoms with Crippen molar-refractivity contribution in [2.24, 2.45) is 0 Å². The van der Waals surface area contributed by atoms with Crippen LogP contribution in [0.5, 0.6) is 5.75 Å². The van der Waals surface area contributed by atoms with Gasteiger partial charge in [0.1, 0.15) is 5.75 Å². The van der Waals surface area contributed by atoms with Crippen molar-refractivity contribution in [2.45, 2.75) is 13.3 Å². The Morgan fingerprint density at radius 1 is 1.30 bits per heavy atom. The average molecular weight is 398 g/mol. The van der Waals surface area contributed by atoms with Crippen LogP contribution < -0.4 is 15.4 Å². The van der Waals surface area contributed by atoms with Gasteiger partial charge in [0.05, 0.1) is 12.8 Å². The summed E-state index contributed by atoms with van der Waals surface area (Å²) < 4.78 is 6.22. The van der Waals surface area contributed by atoms with Crippen molar-refractivity contribution < 1.29 is 9.53 Å². The number of ether oxygens (including phenoxy) is 1. The Morgan fingerprint density at radius 2 is 2.09 bits per heavy atom. The SMILES string of the molecule is COc1cc(Cl)c(C)cc1NCCC(=O)Nc1cccc(Br)c1. The summed E-state index contributed by atoms with van der Waals surface area (Å²) in [5, 5.41) is 6.72. The van der Waals surface area contributed by atoms with E-state index in [1.165, 1.54) is 0 Å². The summed E-state index contributed by atoms with van der Waals surface area (Å²) in [7, 11) is 1.59. The highest BCUT2D eigenvalue weighted by atomic mass is 79.9. The minimum Gasteiger partial charge on any atom is -0.495 e. The summed E-state index contributed by atoms with van der Waals surface area (Å²) in [5.41, 5.74) is 2.54. The molecule has 0 aliphatic rings. The van der Waals surface area contributed by atoms with Crippen molar-refractivity contribution in [3.05, 3.63) is 51.5 Å². The molecular weight excluding hydrogens is 380 g/mol. The Balaban J connectivity index is 1.89. The number of hydrogen-bond donors (Lipinski definition) is 2. The van der Waals surface area contributed by atoms with Gasteiger partial charge in [-0.05, 0) is 36.8 Å². The van der Waals surface area contributed by atoms with Crippen LogP contribution in [0.2, 0.25) is 5.02 Å². The van der Waals surface area contributed by atoms with Crippen LogP contribution in [-0.2, 0) is 4.79 Å². The maximum atomic E-state index is 12.0. The Labute approximate surface area is 149 Å². The minimum absolute atomic E-state index is 0.0553. The number of halogens is 2. The second-order valence-electron chi connectivity index (χ2n) is 5.04. The summed E-state index contributed by atoms with van der Waals surface area (Å²) in [6.07, 6.45) is 0.345. The van der Waals surface area contributed by atoms with Gasteiger partial charge in [0.2, 0.25) is 5.91 Å². The fraction of sp³-hybridized carbons (Fsp3) is 0.235. The van der Waals surface area contributed by atoms with Crippen molar-refractivity contribution in [3.63, 3.8) is 0 Å². The predicted octanol–water partition coefficient (Wildman–Crippen LogP) is 4.86. The fourth-order valence-corrected chi connectivity index (χ4v) is 2.62. The minimum atomic E-state index is -0.0553. The van der Waals surface area contributed by atoms with Gasteiger partial charge in [-0.15, -0.1) is 0 Å². The zero-order valence-electron chi connectivity index (χ0n) is 13.0. The van der Waals surface area contributed by atoms with Crippen LogP contribution in [0.3, 0.4) is 0 Å². The second-order valence-corrected chi connectivity index (χ2v) is 6.36. The second kappa shape index (κ2) is 8.22. The van der Waals surface area contributed by atoms with E-state index >= 15 is 0 Å². The van der Waals surface area contributed by atoms with E-state index < -0.39 is 0 Å². The van der Waals surface area contributed by atoms with Gasteiger partial charge >= 0.3 is 0 Å². The molecule has 0 spiro atoms. The fourth-order valence-electron chi connectivity index (χ4n) is 2.07. The van der Waals surface area contributed by atoms with Crippen molar-refractivity contribution in [2.75, 3.05) is 24.3 Å². The Bertz CT molecular complexity index is 707. The van der Waals surface area contributed by atoms with Crippen LogP contribution in [0.4, 0.5) is 11.4 Å². The third-order valence-electron chi connectivity index (χ3n) is 3.26. The van der Waals surface area contributed by atoms with Crippen LogP contribution in [0.25, 0.3) is 0 Å². The van der Waals surface area contributed by atoms with E-state index in [4.69, 9.17) is 16.3 Å².